The number of urea groups is 1. The molecular formula is C18H20ClF4N3O2. The van der Waals surface area contributed by atoms with Crippen molar-refractivity contribution >= 4 is 23.5 Å². The molecule has 1 aliphatic carbocycles. The Balaban J connectivity index is 1.90. The van der Waals surface area contributed by atoms with Gasteiger partial charge in [0.15, 0.2) is 0 Å². The molecule has 3 atom stereocenters. The molecule has 0 aromatic heterocycles. The number of nitrogens with zero attached hydrogens (tertiary/aromatic N) is 1. The first-order valence-corrected chi connectivity index (χ1v) is 9.34. The summed E-state index contributed by atoms with van der Waals surface area (Å²) in [5, 5.41) is 4.43. The Bertz CT molecular complexity index is 792. The lowest BCUT2D eigenvalue weighted by Gasteiger charge is -2.35. The van der Waals surface area contributed by atoms with E-state index in [2.05, 4.69) is 10.6 Å². The van der Waals surface area contributed by atoms with Gasteiger partial charge in [0.25, 0.3) is 0 Å². The average molecular weight is 422 g/mol. The van der Waals surface area contributed by atoms with Crippen molar-refractivity contribution in [3.63, 3.8) is 0 Å². The number of rotatable bonds is 3. The highest BCUT2D eigenvalue weighted by atomic mass is 35.5. The van der Waals surface area contributed by atoms with Crippen LogP contribution in [0.5, 0.6) is 0 Å². The molecule has 2 aliphatic rings. The molecule has 1 heterocycles. The fraction of sp³-hybridized carbons (Fsp3) is 0.556. The van der Waals surface area contributed by atoms with Crippen LogP contribution in [0, 0.1) is 17.6 Å². The van der Waals surface area contributed by atoms with Gasteiger partial charge in [0, 0.05) is 31.5 Å². The number of hydrogen-bond acceptors (Lipinski definition) is 2. The van der Waals surface area contributed by atoms with Crippen LogP contribution in [0.3, 0.4) is 0 Å². The molecule has 3 rings (SSSR count). The van der Waals surface area contributed by atoms with Gasteiger partial charge in [0.2, 0.25) is 11.8 Å². The van der Waals surface area contributed by atoms with Gasteiger partial charge in [-0.2, -0.15) is 0 Å². The third-order valence-corrected chi connectivity index (χ3v) is 5.70. The number of benzene rings is 1. The zero-order chi connectivity index (χ0) is 20.6. The fourth-order valence-corrected chi connectivity index (χ4v) is 3.95. The molecule has 0 radical (unpaired) electrons. The molecular weight excluding hydrogens is 402 g/mol. The highest BCUT2D eigenvalue weighted by Crippen LogP contribution is 2.45. The predicted molar refractivity (Wildman–Crippen MR) is 94.1 cm³/mol. The van der Waals surface area contributed by atoms with Gasteiger partial charge in [-0.1, -0.05) is 17.7 Å². The van der Waals surface area contributed by atoms with Gasteiger partial charge < -0.3 is 15.5 Å². The first-order chi connectivity index (χ1) is 13.1. The second-order valence-corrected chi connectivity index (χ2v) is 7.59. The summed E-state index contributed by atoms with van der Waals surface area (Å²) < 4.78 is 55.7. The maximum absolute atomic E-state index is 14.6. The van der Waals surface area contributed by atoms with E-state index in [1.54, 1.807) is 0 Å². The number of piperazine rings is 1. The Kier molecular flexibility index (Phi) is 5.74. The van der Waals surface area contributed by atoms with E-state index < -0.39 is 53.0 Å². The summed E-state index contributed by atoms with van der Waals surface area (Å²) in [6, 6.07) is -0.534. The van der Waals surface area contributed by atoms with E-state index in [9.17, 15) is 27.2 Å². The van der Waals surface area contributed by atoms with Crippen molar-refractivity contribution in [2.45, 2.75) is 44.2 Å². The molecule has 3 amide bonds. The Hall–Kier alpha value is -2.03. The minimum Gasteiger partial charge on any atom is -0.353 e. The summed E-state index contributed by atoms with van der Waals surface area (Å²) in [7, 11) is 0. The molecule has 1 aromatic rings. The molecule has 28 heavy (non-hydrogen) atoms. The van der Waals surface area contributed by atoms with Crippen LogP contribution in [0.25, 0.3) is 0 Å². The van der Waals surface area contributed by atoms with Gasteiger partial charge in [0.05, 0.1) is 6.04 Å². The van der Waals surface area contributed by atoms with Crippen LogP contribution >= 0.6 is 11.6 Å². The molecule has 2 fully saturated rings. The molecule has 1 aliphatic heterocycles. The van der Waals surface area contributed by atoms with Gasteiger partial charge in [-0.25, -0.2) is 22.4 Å². The number of nitrogens with one attached hydrogen (secondary N) is 2. The Morgan fingerprint density at radius 1 is 1.39 bits per heavy atom. The van der Waals surface area contributed by atoms with Crippen molar-refractivity contribution in [1.82, 2.24) is 15.5 Å². The molecule has 154 valence electrons. The number of hydrogen-bond donors (Lipinski definition) is 2. The third kappa shape index (κ3) is 4.04. The van der Waals surface area contributed by atoms with Gasteiger partial charge in [-0.3, -0.25) is 4.79 Å². The molecule has 0 bridgehead atoms. The van der Waals surface area contributed by atoms with Crippen molar-refractivity contribution in [2.24, 2.45) is 5.92 Å². The van der Waals surface area contributed by atoms with Crippen LogP contribution in [-0.2, 0) is 4.79 Å². The zero-order valence-electron chi connectivity index (χ0n) is 15.1. The summed E-state index contributed by atoms with van der Waals surface area (Å²) in [6.45, 7) is 2.00. The first-order valence-electron chi connectivity index (χ1n) is 8.97. The van der Waals surface area contributed by atoms with E-state index in [4.69, 9.17) is 11.6 Å². The normalized spacial score (nSPS) is 25.4. The maximum Gasteiger partial charge on any atom is 0.318 e. The predicted octanol–water partition coefficient (Wildman–Crippen LogP) is 3.62. The van der Waals surface area contributed by atoms with Crippen molar-refractivity contribution in [3.05, 3.63) is 34.4 Å². The van der Waals surface area contributed by atoms with Crippen molar-refractivity contribution in [3.8, 4) is 0 Å². The van der Waals surface area contributed by atoms with Crippen LogP contribution in [0.2, 0.25) is 5.02 Å². The molecule has 5 nitrogen and oxygen atoms in total. The lowest BCUT2D eigenvalue weighted by atomic mass is 9.91. The monoisotopic (exact) mass is 421 g/mol. The van der Waals surface area contributed by atoms with Gasteiger partial charge in [-0.15, -0.1) is 0 Å². The van der Waals surface area contributed by atoms with Crippen LogP contribution < -0.4 is 10.6 Å². The third-order valence-electron chi connectivity index (χ3n) is 5.35. The number of alkyl halides is 2. The molecule has 2 N–H and O–H groups in total. The molecule has 1 unspecified atom stereocenters. The lowest BCUT2D eigenvalue weighted by molar-refractivity contribution is -0.126. The van der Waals surface area contributed by atoms with E-state index in [0.717, 1.165) is 12.1 Å². The van der Waals surface area contributed by atoms with Crippen LogP contribution in [0.4, 0.5) is 22.4 Å². The molecule has 1 aromatic carbocycles. The van der Waals surface area contributed by atoms with Gasteiger partial charge >= 0.3 is 6.03 Å². The highest BCUT2D eigenvalue weighted by molar-refractivity contribution is 6.31. The number of carbonyl (C=O) groups excluding carboxylic acids is 2. The van der Waals surface area contributed by atoms with Crippen LogP contribution in [0.15, 0.2) is 12.1 Å². The van der Waals surface area contributed by atoms with E-state index in [0.29, 0.717) is 0 Å². The SMILES string of the molecule is C[C@@H]1C(=O)NCCN1C(=O)NC(c1ccc(F)c(Cl)c1F)[C@@H]1CCC(F)(F)C1. The fourth-order valence-electron chi connectivity index (χ4n) is 3.78. The van der Waals surface area contributed by atoms with Crippen molar-refractivity contribution < 1.29 is 27.2 Å². The lowest BCUT2D eigenvalue weighted by Crippen LogP contribution is -2.58. The molecule has 10 heteroatoms. The summed E-state index contributed by atoms with van der Waals surface area (Å²) in [5.41, 5.74) is -0.156. The highest BCUT2D eigenvalue weighted by Gasteiger charge is 2.44. The van der Waals surface area contributed by atoms with E-state index in [-0.39, 0.29) is 37.4 Å². The second-order valence-electron chi connectivity index (χ2n) is 7.21. The van der Waals surface area contributed by atoms with Gasteiger partial charge in [-0.05, 0) is 25.3 Å². The standard InChI is InChI=1S/C18H20ClF4N3O2/c1-9-16(27)24-6-7-26(9)17(28)25-15(10-4-5-18(22,23)8-10)11-2-3-12(20)13(19)14(11)21/h2-3,9-10,15H,4-8H2,1H3,(H,24,27)(H,25,28)/t9-,10-,15?/m1/s1. The van der Waals surface area contributed by atoms with E-state index in [1.807, 2.05) is 0 Å². The zero-order valence-corrected chi connectivity index (χ0v) is 15.8. The molecule has 1 saturated heterocycles. The van der Waals surface area contributed by atoms with E-state index >= 15 is 0 Å². The first kappa shape index (κ1) is 20.7. The minimum atomic E-state index is -2.92. The second kappa shape index (κ2) is 7.77. The Morgan fingerprint density at radius 2 is 2.11 bits per heavy atom. The minimum absolute atomic E-state index is 0.0580. The van der Waals surface area contributed by atoms with Crippen LogP contribution in [-0.4, -0.2) is 41.9 Å². The van der Waals surface area contributed by atoms with Crippen LogP contribution in [0.1, 0.15) is 37.8 Å². The molecule has 1 saturated carbocycles. The Morgan fingerprint density at radius 3 is 2.75 bits per heavy atom. The topological polar surface area (TPSA) is 61.4 Å². The quantitative estimate of drug-likeness (QED) is 0.578. The summed E-state index contributed by atoms with van der Waals surface area (Å²) >= 11 is 5.64. The number of halogens is 5. The summed E-state index contributed by atoms with van der Waals surface area (Å²) in [4.78, 5) is 25.8. The largest absolute Gasteiger partial charge is 0.353 e. The molecule has 0 spiro atoms. The Labute approximate surface area is 164 Å². The van der Waals surface area contributed by atoms with Crippen molar-refractivity contribution in [2.75, 3.05) is 13.1 Å². The smallest absolute Gasteiger partial charge is 0.318 e. The van der Waals surface area contributed by atoms with Crippen molar-refractivity contribution in [1.29, 1.82) is 0 Å². The average Bonchev–Trinajstić information content (AvgIpc) is 3.00. The number of carbonyl (C=O) groups is 2. The maximum atomic E-state index is 14.6. The number of amides is 3. The summed E-state index contributed by atoms with van der Waals surface area (Å²) in [6.07, 6.45) is -0.867. The summed E-state index contributed by atoms with van der Waals surface area (Å²) in [5.74, 6) is -6.10. The van der Waals surface area contributed by atoms with Gasteiger partial charge in [0.1, 0.15) is 22.7 Å². The van der Waals surface area contributed by atoms with E-state index in [1.165, 1.54) is 11.8 Å².